The summed E-state index contributed by atoms with van der Waals surface area (Å²) >= 11 is 0. The molecule has 12 nitrogen and oxygen atoms in total. The highest BCUT2D eigenvalue weighted by molar-refractivity contribution is 7.89. The van der Waals surface area contributed by atoms with Crippen molar-refractivity contribution >= 4 is 33.6 Å². The molecule has 0 bridgehead atoms. The van der Waals surface area contributed by atoms with E-state index < -0.39 is 27.5 Å². The molecule has 2 aromatic rings. The van der Waals surface area contributed by atoms with Crippen LogP contribution in [0.1, 0.15) is 5.56 Å². The van der Waals surface area contributed by atoms with Crippen LogP contribution in [-0.2, 0) is 19.6 Å². The first kappa shape index (κ1) is 23.1. The Hall–Kier alpha value is -3.55. The molecule has 1 aliphatic heterocycles. The maximum Gasteiger partial charge on any atom is 0.341 e. The molecule has 0 saturated carbocycles. The second-order valence-corrected chi connectivity index (χ2v) is 8.45. The van der Waals surface area contributed by atoms with Crippen LogP contribution >= 0.6 is 0 Å². The number of carboxylic acid groups (broad SMARTS) is 1. The van der Waals surface area contributed by atoms with E-state index in [2.05, 4.69) is 10.5 Å². The Morgan fingerprint density at radius 3 is 2.69 bits per heavy atom. The Bertz CT molecular complexity index is 1130. The molecule has 0 spiro atoms. The van der Waals surface area contributed by atoms with Gasteiger partial charge in [0.1, 0.15) is 10.6 Å². The van der Waals surface area contributed by atoms with Crippen molar-refractivity contribution < 1.29 is 32.7 Å². The fourth-order valence-electron chi connectivity index (χ4n) is 2.89. The minimum atomic E-state index is -4.05. The highest BCUT2D eigenvalue weighted by atomic mass is 32.2. The monoisotopic (exact) mass is 464 g/mol. The molecule has 13 heteroatoms. The van der Waals surface area contributed by atoms with Gasteiger partial charge in [0, 0.05) is 30.8 Å². The van der Waals surface area contributed by atoms with Gasteiger partial charge in [0.15, 0.2) is 6.61 Å². The SMILES string of the molecule is O=C(O)COc1ccccc1/C=N/Nc1ccc([N+](=O)[O-])cc1S(=O)(=O)N1CCOCC1. The van der Waals surface area contributed by atoms with E-state index in [4.69, 9.17) is 14.6 Å². The number of non-ortho nitro benzene ring substituents is 1. The minimum absolute atomic E-state index is 0.0438. The first-order valence-electron chi connectivity index (χ1n) is 9.38. The van der Waals surface area contributed by atoms with Gasteiger partial charge < -0.3 is 14.6 Å². The van der Waals surface area contributed by atoms with Gasteiger partial charge in [-0.05, 0) is 18.2 Å². The molecule has 2 aromatic carbocycles. The lowest BCUT2D eigenvalue weighted by Gasteiger charge is -2.26. The van der Waals surface area contributed by atoms with Gasteiger partial charge in [0.05, 0.1) is 30.0 Å². The predicted octanol–water partition coefficient (Wildman–Crippen LogP) is 1.53. The van der Waals surface area contributed by atoms with Crippen molar-refractivity contribution in [3.8, 4) is 5.75 Å². The van der Waals surface area contributed by atoms with Crippen molar-refractivity contribution in [2.45, 2.75) is 4.90 Å². The molecule has 3 rings (SSSR count). The van der Waals surface area contributed by atoms with E-state index >= 15 is 0 Å². The van der Waals surface area contributed by atoms with Crippen molar-refractivity contribution in [1.29, 1.82) is 0 Å². The third-order valence-electron chi connectivity index (χ3n) is 4.42. The summed E-state index contributed by atoms with van der Waals surface area (Å²) in [5, 5.41) is 24.0. The van der Waals surface area contributed by atoms with Crippen LogP contribution in [-0.4, -0.2) is 67.8 Å². The van der Waals surface area contributed by atoms with E-state index in [1.165, 1.54) is 22.7 Å². The van der Waals surface area contributed by atoms with Crippen LogP contribution in [0.4, 0.5) is 11.4 Å². The normalized spacial score (nSPS) is 14.9. The van der Waals surface area contributed by atoms with E-state index in [0.29, 0.717) is 5.56 Å². The summed E-state index contributed by atoms with van der Waals surface area (Å²) < 4.78 is 37.8. The number of sulfonamides is 1. The van der Waals surface area contributed by atoms with Crippen LogP contribution < -0.4 is 10.2 Å². The van der Waals surface area contributed by atoms with E-state index in [-0.39, 0.29) is 48.3 Å². The number of hydrogen-bond donors (Lipinski definition) is 2. The summed E-state index contributed by atoms with van der Waals surface area (Å²) in [6, 6.07) is 9.94. The summed E-state index contributed by atoms with van der Waals surface area (Å²) in [4.78, 5) is 20.9. The quantitative estimate of drug-likeness (QED) is 0.318. The van der Waals surface area contributed by atoms with Crippen LogP contribution in [0.3, 0.4) is 0 Å². The second-order valence-electron chi connectivity index (χ2n) is 6.54. The first-order valence-corrected chi connectivity index (χ1v) is 10.8. The molecular formula is C19H20N4O8S. The molecule has 2 N–H and O–H groups in total. The number of nitro benzene ring substituents is 1. The Kier molecular flexibility index (Phi) is 7.35. The summed E-state index contributed by atoms with van der Waals surface area (Å²) in [6.07, 6.45) is 1.32. The highest BCUT2D eigenvalue weighted by Crippen LogP contribution is 2.29. The third-order valence-corrected chi connectivity index (χ3v) is 6.36. The molecule has 0 unspecified atom stereocenters. The summed E-state index contributed by atoms with van der Waals surface area (Å²) in [6.45, 7) is 0.164. The number of morpholine rings is 1. The van der Waals surface area contributed by atoms with Crippen LogP contribution in [0, 0.1) is 10.1 Å². The van der Waals surface area contributed by atoms with Gasteiger partial charge >= 0.3 is 5.97 Å². The van der Waals surface area contributed by atoms with Gasteiger partial charge in [0.2, 0.25) is 10.0 Å². The topological polar surface area (TPSA) is 161 Å². The van der Waals surface area contributed by atoms with Crippen molar-refractivity contribution in [1.82, 2.24) is 4.31 Å². The number of benzene rings is 2. The molecule has 0 atom stereocenters. The highest BCUT2D eigenvalue weighted by Gasteiger charge is 2.30. The zero-order valence-electron chi connectivity index (χ0n) is 16.7. The van der Waals surface area contributed by atoms with Crippen LogP contribution in [0.5, 0.6) is 5.75 Å². The first-order chi connectivity index (χ1) is 15.3. The van der Waals surface area contributed by atoms with Gasteiger partial charge in [-0.3, -0.25) is 15.5 Å². The Labute approximate surface area is 183 Å². The maximum atomic E-state index is 13.1. The van der Waals surface area contributed by atoms with Crippen LogP contribution in [0.25, 0.3) is 0 Å². The number of nitrogens with one attached hydrogen (secondary N) is 1. The van der Waals surface area contributed by atoms with E-state index in [1.54, 1.807) is 24.3 Å². The number of rotatable bonds is 9. The zero-order valence-corrected chi connectivity index (χ0v) is 17.5. The molecule has 1 fully saturated rings. The number of ether oxygens (including phenoxy) is 2. The summed E-state index contributed by atoms with van der Waals surface area (Å²) in [5.41, 5.74) is 2.72. The van der Waals surface area contributed by atoms with Crippen LogP contribution in [0.15, 0.2) is 52.5 Å². The number of carbonyl (C=O) groups is 1. The van der Waals surface area contributed by atoms with Gasteiger partial charge in [-0.15, -0.1) is 0 Å². The van der Waals surface area contributed by atoms with Gasteiger partial charge in [0.25, 0.3) is 5.69 Å². The van der Waals surface area contributed by atoms with Crippen molar-refractivity contribution in [2.24, 2.45) is 5.10 Å². The zero-order chi connectivity index (χ0) is 23.1. The van der Waals surface area contributed by atoms with E-state index in [1.807, 2.05) is 0 Å². The molecule has 0 radical (unpaired) electrons. The van der Waals surface area contributed by atoms with Crippen molar-refractivity contribution in [3.05, 3.63) is 58.1 Å². The molecule has 0 aliphatic carbocycles. The standard InChI is InChI=1S/C19H20N4O8S/c24-19(25)13-31-17-4-2-1-3-14(17)12-20-21-16-6-5-15(23(26)27)11-18(16)32(28,29)22-7-9-30-10-8-22/h1-6,11-12,21H,7-10,13H2,(H,24,25)/b20-12+. The number of carboxylic acids is 1. The fourth-order valence-corrected chi connectivity index (χ4v) is 4.46. The second kappa shape index (κ2) is 10.2. The van der Waals surface area contributed by atoms with E-state index in [9.17, 15) is 23.3 Å². The maximum absolute atomic E-state index is 13.1. The Morgan fingerprint density at radius 1 is 1.28 bits per heavy atom. The molecule has 0 amide bonds. The molecule has 170 valence electrons. The lowest BCUT2D eigenvalue weighted by atomic mass is 10.2. The fraction of sp³-hybridized carbons (Fsp3) is 0.263. The smallest absolute Gasteiger partial charge is 0.341 e. The number of para-hydroxylation sites is 1. The van der Waals surface area contributed by atoms with Gasteiger partial charge in [-0.2, -0.15) is 9.41 Å². The minimum Gasteiger partial charge on any atom is -0.481 e. The number of anilines is 1. The van der Waals surface area contributed by atoms with Gasteiger partial charge in [-0.25, -0.2) is 13.2 Å². The average molecular weight is 464 g/mol. The molecule has 32 heavy (non-hydrogen) atoms. The molecule has 1 aliphatic rings. The molecular weight excluding hydrogens is 444 g/mol. The Balaban J connectivity index is 1.89. The van der Waals surface area contributed by atoms with Crippen molar-refractivity contribution in [2.75, 3.05) is 38.3 Å². The lowest BCUT2D eigenvalue weighted by molar-refractivity contribution is -0.385. The number of nitrogens with zero attached hydrogens (tertiary/aromatic N) is 3. The van der Waals surface area contributed by atoms with Gasteiger partial charge in [-0.1, -0.05) is 12.1 Å². The van der Waals surface area contributed by atoms with E-state index in [0.717, 1.165) is 6.07 Å². The predicted molar refractivity (Wildman–Crippen MR) is 113 cm³/mol. The van der Waals surface area contributed by atoms with Crippen LogP contribution in [0.2, 0.25) is 0 Å². The summed E-state index contributed by atoms with van der Waals surface area (Å²) in [7, 11) is -4.05. The lowest BCUT2D eigenvalue weighted by Crippen LogP contribution is -2.40. The molecule has 0 aromatic heterocycles. The number of hydrazone groups is 1. The summed E-state index contributed by atoms with van der Waals surface area (Å²) in [5.74, 6) is -0.871. The number of nitro groups is 1. The Morgan fingerprint density at radius 2 is 2.00 bits per heavy atom. The largest absolute Gasteiger partial charge is 0.481 e. The number of hydrogen-bond acceptors (Lipinski definition) is 9. The number of aliphatic carboxylic acids is 1. The molecule has 1 heterocycles. The van der Waals surface area contributed by atoms with Crippen molar-refractivity contribution in [3.63, 3.8) is 0 Å². The molecule has 1 saturated heterocycles. The average Bonchev–Trinajstić information content (AvgIpc) is 2.79. The third kappa shape index (κ3) is 5.57.